The molecule has 0 aliphatic carbocycles. The molecular weight excluding hydrogens is 414 g/mol. The van der Waals surface area contributed by atoms with Crippen LogP contribution in [0.15, 0.2) is 41.3 Å². The number of benzene rings is 2. The largest absolute Gasteiger partial charge is 1.00 e. The Morgan fingerprint density at radius 1 is 1.00 bits per heavy atom. The topological polar surface area (TPSA) is 66.9 Å². The molecule has 29 heavy (non-hydrogen) atoms. The molecule has 0 radical (unpaired) electrons. The van der Waals surface area contributed by atoms with Crippen LogP contribution in [0.25, 0.3) is 10.8 Å². The number of quaternary nitrogens is 1. The van der Waals surface area contributed by atoms with Crippen molar-refractivity contribution in [1.82, 2.24) is 4.31 Å². The van der Waals surface area contributed by atoms with Crippen LogP contribution in [0, 0.1) is 0 Å². The molecule has 2 rings (SSSR count). The Labute approximate surface area is 179 Å². The van der Waals surface area contributed by atoms with E-state index in [0.717, 1.165) is 15.4 Å². The summed E-state index contributed by atoms with van der Waals surface area (Å²) < 4.78 is 33.1. The van der Waals surface area contributed by atoms with E-state index in [2.05, 4.69) is 0 Å². The van der Waals surface area contributed by atoms with Gasteiger partial charge in [0.15, 0.2) is 0 Å². The molecule has 0 spiro atoms. The maximum Gasteiger partial charge on any atom is 0.321 e. The fraction of sp³-hybridized carbons (Fsp3) is 0.450. The number of halogens is 1. The van der Waals surface area contributed by atoms with E-state index in [1.165, 1.54) is 7.05 Å². The number of carbonyl (C=O) groups excluding carboxylic acids is 1. The van der Waals surface area contributed by atoms with E-state index in [4.69, 9.17) is 4.74 Å². The van der Waals surface area contributed by atoms with Crippen LogP contribution in [-0.4, -0.2) is 85.2 Å². The second-order valence-corrected chi connectivity index (χ2v) is 10.0. The lowest BCUT2D eigenvalue weighted by molar-refractivity contribution is -0.870. The summed E-state index contributed by atoms with van der Waals surface area (Å²) in [4.78, 5) is 14.2. The van der Waals surface area contributed by atoms with Crippen LogP contribution in [0.2, 0.25) is 0 Å². The molecule has 0 saturated heterocycles. The SMILES string of the molecule is CN(C)c1cccc2c(S(=O)(=O)N(C)CC(=O)OCC[N+](C)(C)C)cccc12.[Cl-]. The zero-order valence-electron chi connectivity index (χ0n) is 17.8. The number of sulfonamides is 1. The highest BCUT2D eigenvalue weighted by molar-refractivity contribution is 7.89. The van der Waals surface area contributed by atoms with Crippen molar-refractivity contribution < 1.29 is 34.8 Å². The van der Waals surface area contributed by atoms with Gasteiger partial charge in [-0.15, -0.1) is 0 Å². The van der Waals surface area contributed by atoms with Gasteiger partial charge in [-0.1, -0.05) is 24.3 Å². The van der Waals surface area contributed by atoms with Crippen LogP contribution in [0.5, 0.6) is 0 Å². The molecule has 162 valence electrons. The summed E-state index contributed by atoms with van der Waals surface area (Å²) >= 11 is 0. The number of carbonyl (C=O) groups is 1. The average Bonchev–Trinajstić information content (AvgIpc) is 2.59. The van der Waals surface area contributed by atoms with Gasteiger partial charge in [-0.2, -0.15) is 4.31 Å². The van der Waals surface area contributed by atoms with Crippen molar-refractivity contribution in [3.8, 4) is 0 Å². The fourth-order valence-corrected chi connectivity index (χ4v) is 4.11. The maximum atomic E-state index is 13.1. The molecule has 0 aromatic heterocycles. The highest BCUT2D eigenvalue weighted by Crippen LogP contribution is 2.31. The number of hydrogen-bond donors (Lipinski definition) is 0. The van der Waals surface area contributed by atoms with E-state index in [9.17, 15) is 13.2 Å². The molecular formula is C20H30ClN3O4S. The number of rotatable bonds is 8. The molecule has 7 nitrogen and oxygen atoms in total. The molecule has 0 heterocycles. The Hall–Kier alpha value is -1.87. The van der Waals surface area contributed by atoms with Crippen LogP contribution in [0.4, 0.5) is 5.69 Å². The van der Waals surface area contributed by atoms with Gasteiger partial charge < -0.3 is 26.5 Å². The van der Waals surface area contributed by atoms with Gasteiger partial charge in [0, 0.05) is 37.6 Å². The summed E-state index contributed by atoms with van der Waals surface area (Å²) in [5.41, 5.74) is 0.928. The van der Waals surface area contributed by atoms with Crippen LogP contribution in [0.1, 0.15) is 0 Å². The van der Waals surface area contributed by atoms with Gasteiger partial charge in [0.2, 0.25) is 10.0 Å². The lowest BCUT2D eigenvalue weighted by atomic mass is 10.1. The Morgan fingerprint density at radius 3 is 2.17 bits per heavy atom. The van der Waals surface area contributed by atoms with Crippen molar-refractivity contribution in [2.24, 2.45) is 0 Å². The quantitative estimate of drug-likeness (QED) is 0.378. The highest BCUT2D eigenvalue weighted by Gasteiger charge is 2.26. The third kappa shape index (κ3) is 6.30. The van der Waals surface area contributed by atoms with Crippen LogP contribution >= 0.6 is 0 Å². The number of ether oxygens (including phenoxy) is 1. The van der Waals surface area contributed by atoms with E-state index < -0.39 is 16.0 Å². The van der Waals surface area contributed by atoms with Crippen molar-refractivity contribution in [3.63, 3.8) is 0 Å². The first-order valence-electron chi connectivity index (χ1n) is 9.05. The first-order valence-corrected chi connectivity index (χ1v) is 10.5. The molecule has 0 N–H and O–H groups in total. The van der Waals surface area contributed by atoms with Gasteiger partial charge in [-0.3, -0.25) is 4.79 Å². The first-order chi connectivity index (χ1) is 12.9. The Bertz CT molecular complexity index is 956. The third-order valence-corrected chi connectivity index (χ3v) is 6.27. The molecule has 2 aromatic rings. The van der Waals surface area contributed by atoms with Gasteiger partial charge >= 0.3 is 5.97 Å². The molecule has 0 aliphatic heterocycles. The minimum absolute atomic E-state index is 0. The van der Waals surface area contributed by atoms with E-state index in [-0.39, 0.29) is 30.5 Å². The smallest absolute Gasteiger partial charge is 0.321 e. The van der Waals surface area contributed by atoms with Gasteiger partial charge in [0.1, 0.15) is 19.7 Å². The Morgan fingerprint density at radius 2 is 1.59 bits per heavy atom. The summed E-state index contributed by atoms with van der Waals surface area (Å²) in [7, 11) is 7.35. The number of nitrogens with zero attached hydrogens (tertiary/aromatic N) is 3. The summed E-state index contributed by atoms with van der Waals surface area (Å²) in [5, 5.41) is 1.46. The van der Waals surface area contributed by atoms with Crippen molar-refractivity contribution >= 4 is 32.5 Å². The fourth-order valence-electron chi connectivity index (χ4n) is 2.79. The minimum atomic E-state index is -3.85. The van der Waals surface area contributed by atoms with Gasteiger partial charge in [0.05, 0.1) is 26.0 Å². The number of esters is 1. The predicted octanol–water partition coefficient (Wildman–Crippen LogP) is -1.22. The highest BCUT2D eigenvalue weighted by atomic mass is 35.5. The van der Waals surface area contributed by atoms with Crippen molar-refractivity contribution in [2.45, 2.75) is 4.90 Å². The summed E-state index contributed by atoms with van der Waals surface area (Å²) in [6.45, 7) is 0.568. The lowest BCUT2D eigenvalue weighted by Crippen LogP contribution is -3.00. The molecule has 0 unspecified atom stereocenters. The number of anilines is 1. The second kappa shape index (κ2) is 9.75. The molecule has 0 saturated carbocycles. The maximum absolute atomic E-state index is 13.1. The molecule has 0 bridgehead atoms. The number of likely N-dealkylation sites (N-methyl/N-ethyl adjacent to an activating group) is 2. The average molecular weight is 444 g/mol. The van der Waals surface area contributed by atoms with Crippen LogP contribution in [0.3, 0.4) is 0 Å². The number of fused-ring (bicyclic) bond motifs is 1. The van der Waals surface area contributed by atoms with Crippen molar-refractivity contribution in [3.05, 3.63) is 36.4 Å². The summed E-state index contributed by atoms with van der Waals surface area (Å²) in [6.07, 6.45) is 0. The van der Waals surface area contributed by atoms with Crippen molar-refractivity contribution in [1.29, 1.82) is 0 Å². The predicted molar refractivity (Wildman–Crippen MR) is 112 cm³/mol. The zero-order chi connectivity index (χ0) is 21.1. The minimum Gasteiger partial charge on any atom is -1.00 e. The zero-order valence-corrected chi connectivity index (χ0v) is 19.4. The van der Waals surface area contributed by atoms with Gasteiger partial charge in [0.25, 0.3) is 0 Å². The monoisotopic (exact) mass is 443 g/mol. The molecule has 0 amide bonds. The summed E-state index contributed by atoms with van der Waals surface area (Å²) in [6, 6.07) is 10.7. The van der Waals surface area contributed by atoms with Crippen molar-refractivity contribution in [2.75, 3.05) is 66.9 Å². The Balaban J connectivity index is 0.00000420. The summed E-state index contributed by atoms with van der Waals surface area (Å²) in [5.74, 6) is -0.561. The standard InChI is InChI=1S/C20H30N3O4S.ClH/c1-21(2)18-11-7-10-17-16(18)9-8-12-19(17)28(25,26)22(3)15-20(24)27-14-13-23(4,5)6;/h7-12H,13-15H2,1-6H3;1H/q+1;/p-1. The van der Waals surface area contributed by atoms with Crippen LogP contribution in [-0.2, 0) is 19.6 Å². The molecule has 0 aliphatic rings. The van der Waals surface area contributed by atoms with Gasteiger partial charge in [-0.25, -0.2) is 8.42 Å². The van der Waals surface area contributed by atoms with E-state index in [1.807, 2.05) is 58.3 Å². The number of hydrogen-bond acceptors (Lipinski definition) is 5. The normalized spacial score (nSPS) is 12.0. The van der Waals surface area contributed by atoms with E-state index in [1.54, 1.807) is 18.2 Å². The molecule has 2 aromatic carbocycles. The van der Waals surface area contributed by atoms with E-state index >= 15 is 0 Å². The van der Waals surface area contributed by atoms with E-state index in [0.29, 0.717) is 16.4 Å². The lowest BCUT2D eigenvalue weighted by Gasteiger charge is -2.23. The Kier molecular flexibility index (Phi) is 8.47. The first kappa shape index (κ1) is 25.2. The molecule has 9 heteroatoms. The molecule has 0 atom stereocenters. The van der Waals surface area contributed by atoms with Crippen LogP contribution < -0.4 is 17.3 Å². The third-order valence-electron chi connectivity index (χ3n) is 4.41. The van der Waals surface area contributed by atoms with Gasteiger partial charge in [-0.05, 0) is 12.1 Å². The molecule has 0 fully saturated rings. The second-order valence-electron chi connectivity index (χ2n) is 8.02.